The molecule has 1 aromatic heterocycles. The first kappa shape index (κ1) is 23.0. The number of methoxy groups -OCH3 is 1. The van der Waals surface area contributed by atoms with Gasteiger partial charge in [-0.15, -0.1) is 0 Å². The van der Waals surface area contributed by atoms with Gasteiger partial charge < -0.3 is 9.64 Å². The molecule has 1 amide bonds. The average molecular weight is 440 g/mol. The summed E-state index contributed by atoms with van der Waals surface area (Å²) < 4.78 is 6.93. The van der Waals surface area contributed by atoms with Gasteiger partial charge in [0.1, 0.15) is 0 Å². The fraction of sp³-hybridized carbons (Fsp3) is 0.375. The van der Waals surface area contributed by atoms with Crippen LogP contribution in [0.5, 0.6) is 0 Å². The van der Waals surface area contributed by atoms with E-state index in [4.69, 9.17) is 9.72 Å². The summed E-state index contributed by atoms with van der Waals surface area (Å²) in [6, 6.07) is 17.0. The molecule has 164 valence electrons. The summed E-state index contributed by atoms with van der Waals surface area (Å²) in [5.41, 5.74) is 1.60. The molecule has 3 aromatic rings. The van der Waals surface area contributed by atoms with E-state index in [1.165, 1.54) is 11.8 Å². The molecule has 0 fully saturated rings. The van der Waals surface area contributed by atoms with Crippen molar-refractivity contribution in [2.24, 2.45) is 0 Å². The van der Waals surface area contributed by atoms with Crippen molar-refractivity contribution in [1.82, 2.24) is 14.5 Å². The first-order valence-corrected chi connectivity index (χ1v) is 11.3. The third-order valence-electron chi connectivity index (χ3n) is 5.16. The number of fused-ring (bicyclic) bond motifs is 1. The monoisotopic (exact) mass is 439 g/mol. The third-order valence-corrected chi connectivity index (χ3v) is 6.22. The molecule has 31 heavy (non-hydrogen) atoms. The number of benzene rings is 2. The van der Waals surface area contributed by atoms with Gasteiger partial charge in [0.2, 0.25) is 5.91 Å². The Bertz CT molecular complexity index is 1080. The lowest BCUT2D eigenvalue weighted by Crippen LogP contribution is -2.36. The summed E-state index contributed by atoms with van der Waals surface area (Å²) in [4.78, 5) is 33.0. The molecule has 0 aliphatic carbocycles. The van der Waals surface area contributed by atoms with Gasteiger partial charge >= 0.3 is 0 Å². The second-order valence-electron chi connectivity index (χ2n) is 7.49. The van der Waals surface area contributed by atoms with Crippen LogP contribution in [0.3, 0.4) is 0 Å². The van der Waals surface area contributed by atoms with Crippen LogP contribution >= 0.6 is 11.8 Å². The van der Waals surface area contributed by atoms with Crippen molar-refractivity contribution < 1.29 is 9.53 Å². The Balaban J connectivity index is 1.91. The van der Waals surface area contributed by atoms with Crippen molar-refractivity contribution in [3.8, 4) is 0 Å². The van der Waals surface area contributed by atoms with E-state index < -0.39 is 5.25 Å². The maximum Gasteiger partial charge on any atom is 0.262 e. The Hall–Kier alpha value is -2.64. The van der Waals surface area contributed by atoms with Crippen molar-refractivity contribution in [3.63, 3.8) is 0 Å². The number of hydrogen-bond acceptors (Lipinski definition) is 5. The molecule has 0 aliphatic heterocycles. The van der Waals surface area contributed by atoms with Gasteiger partial charge in [0.05, 0.1) is 28.8 Å². The number of hydrogen-bond donors (Lipinski definition) is 0. The highest BCUT2D eigenvalue weighted by atomic mass is 32.2. The summed E-state index contributed by atoms with van der Waals surface area (Å²) in [5.74, 6) is 0.0182. The zero-order valence-electron chi connectivity index (χ0n) is 18.4. The molecule has 0 aliphatic rings. The van der Waals surface area contributed by atoms with E-state index in [9.17, 15) is 9.59 Å². The summed E-state index contributed by atoms with van der Waals surface area (Å²) in [5, 5.41) is 0.704. The molecule has 1 heterocycles. The van der Waals surface area contributed by atoms with E-state index in [0.29, 0.717) is 35.8 Å². The van der Waals surface area contributed by atoms with E-state index in [1.54, 1.807) is 17.7 Å². The van der Waals surface area contributed by atoms with Crippen LogP contribution < -0.4 is 5.56 Å². The van der Waals surface area contributed by atoms with Crippen LogP contribution in [0.4, 0.5) is 0 Å². The number of thioether (sulfide) groups is 1. The minimum atomic E-state index is -0.391. The van der Waals surface area contributed by atoms with Gasteiger partial charge in [-0.2, -0.15) is 0 Å². The normalized spacial score (nSPS) is 13.2. The second kappa shape index (κ2) is 10.6. The molecule has 3 rings (SSSR count). The summed E-state index contributed by atoms with van der Waals surface area (Å²) in [6.07, 6.45) is 0. The predicted molar refractivity (Wildman–Crippen MR) is 125 cm³/mol. The molecule has 0 radical (unpaired) electrons. The van der Waals surface area contributed by atoms with Crippen LogP contribution in [0, 0.1) is 0 Å². The number of amides is 1. The van der Waals surface area contributed by atoms with E-state index in [1.807, 2.05) is 74.2 Å². The predicted octanol–water partition coefficient (Wildman–Crippen LogP) is 4.13. The van der Waals surface area contributed by atoms with Gasteiger partial charge in [-0.1, -0.05) is 54.2 Å². The fourth-order valence-electron chi connectivity index (χ4n) is 3.53. The molecule has 0 spiro atoms. The van der Waals surface area contributed by atoms with Crippen LogP contribution in [0.2, 0.25) is 0 Å². The summed E-state index contributed by atoms with van der Waals surface area (Å²) >= 11 is 1.32. The first-order valence-electron chi connectivity index (χ1n) is 10.5. The molecule has 7 heteroatoms. The Labute approximate surface area is 187 Å². The number of carbonyl (C=O) groups excluding carboxylic acids is 1. The SMILES string of the molecule is CCN(Cc1ccccc1)C(=O)[C@@H](C)Sc1nc2ccccc2c(=O)n1[C@H](C)COC. The Morgan fingerprint density at radius 3 is 2.48 bits per heavy atom. The van der Waals surface area contributed by atoms with Crippen molar-refractivity contribution in [3.05, 3.63) is 70.5 Å². The van der Waals surface area contributed by atoms with Gasteiger partial charge in [0.15, 0.2) is 5.16 Å². The molecule has 2 aromatic carbocycles. The van der Waals surface area contributed by atoms with Crippen LogP contribution in [0.1, 0.15) is 32.4 Å². The number of para-hydroxylation sites is 1. The van der Waals surface area contributed by atoms with Crippen molar-refractivity contribution in [2.75, 3.05) is 20.3 Å². The number of ether oxygens (including phenoxy) is 1. The first-order chi connectivity index (χ1) is 15.0. The van der Waals surface area contributed by atoms with E-state index in [-0.39, 0.29) is 17.5 Å². The molecule has 0 N–H and O–H groups in total. The van der Waals surface area contributed by atoms with Gasteiger partial charge in [0.25, 0.3) is 5.56 Å². The Kier molecular flexibility index (Phi) is 7.87. The van der Waals surface area contributed by atoms with Crippen LogP contribution in [0.25, 0.3) is 10.9 Å². The minimum Gasteiger partial charge on any atom is -0.383 e. The molecular weight excluding hydrogens is 410 g/mol. The number of rotatable bonds is 9. The topological polar surface area (TPSA) is 64.4 Å². The summed E-state index contributed by atoms with van der Waals surface area (Å²) in [6.45, 7) is 7.31. The van der Waals surface area contributed by atoms with Crippen LogP contribution in [-0.2, 0) is 16.1 Å². The van der Waals surface area contributed by atoms with Crippen molar-refractivity contribution in [2.45, 2.75) is 43.8 Å². The highest BCUT2D eigenvalue weighted by Gasteiger charge is 2.25. The Morgan fingerprint density at radius 1 is 1.13 bits per heavy atom. The molecule has 6 nitrogen and oxygen atoms in total. The maximum atomic E-state index is 13.2. The number of aromatic nitrogens is 2. The smallest absolute Gasteiger partial charge is 0.262 e. The molecule has 0 bridgehead atoms. The van der Waals surface area contributed by atoms with Gasteiger partial charge in [-0.25, -0.2) is 4.98 Å². The molecular formula is C24H29N3O3S. The number of carbonyl (C=O) groups is 1. The average Bonchev–Trinajstić information content (AvgIpc) is 2.78. The zero-order chi connectivity index (χ0) is 22.4. The lowest BCUT2D eigenvalue weighted by Gasteiger charge is -2.25. The second-order valence-corrected chi connectivity index (χ2v) is 8.80. The number of nitrogens with zero attached hydrogens (tertiary/aromatic N) is 3. The van der Waals surface area contributed by atoms with Gasteiger partial charge in [-0.3, -0.25) is 14.2 Å². The zero-order valence-corrected chi connectivity index (χ0v) is 19.3. The molecule has 2 atom stereocenters. The van der Waals surface area contributed by atoms with E-state index in [2.05, 4.69) is 0 Å². The summed E-state index contributed by atoms with van der Waals surface area (Å²) in [7, 11) is 1.61. The Morgan fingerprint density at radius 2 is 1.81 bits per heavy atom. The van der Waals surface area contributed by atoms with Crippen LogP contribution in [-0.4, -0.2) is 45.9 Å². The standard InChI is InChI=1S/C24H29N3O3S/c1-5-26(15-19-11-7-6-8-12-19)22(28)18(3)31-24-25-21-14-10-9-13-20(21)23(29)27(24)17(2)16-30-4/h6-14,17-18H,5,15-16H2,1-4H3/t17-,18-/m1/s1. The highest BCUT2D eigenvalue weighted by Crippen LogP contribution is 2.26. The maximum absolute atomic E-state index is 13.2. The molecule has 0 saturated heterocycles. The lowest BCUT2D eigenvalue weighted by molar-refractivity contribution is -0.130. The fourth-order valence-corrected chi connectivity index (χ4v) is 4.62. The van der Waals surface area contributed by atoms with Gasteiger partial charge in [0, 0.05) is 20.2 Å². The quantitative estimate of drug-likeness (QED) is 0.370. The third kappa shape index (κ3) is 5.35. The molecule has 0 saturated carbocycles. The molecule has 0 unspecified atom stereocenters. The van der Waals surface area contributed by atoms with Crippen molar-refractivity contribution in [1.29, 1.82) is 0 Å². The minimum absolute atomic E-state index is 0.0182. The van der Waals surface area contributed by atoms with Crippen molar-refractivity contribution >= 4 is 28.6 Å². The van der Waals surface area contributed by atoms with E-state index in [0.717, 1.165) is 5.56 Å². The lowest BCUT2D eigenvalue weighted by atomic mass is 10.2. The van der Waals surface area contributed by atoms with E-state index >= 15 is 0 Å². The highest BCUT2D eigenvalue weighted by molar-refractivity contribution is 8.00. The largest absolute Gasteiger partial charge is 0.383 e. The van der Waals surface area contributed by atoms with Crippen LogP contribution in [0.15, 0.2) is 64.5 Å². The van der Waals surface area contributed by atoms with Gasteiger partial charge in [-0.05, 0) is 38.5 Å².